The van der Waals surface area contributed by atoms with Crippen molar-refractivity contribution in [1.82, 2.24) is 0 Å². The second-order valence-electron chi connectivity index (χ2n) is 4.71. The van der Waals surface area contributed by atoms with Gasteiger partial charge in [-0.1, -0.05) is 18.2 Å². The van der Waals surface area contributed by atoms with Gasteiger partial charge in [-0.2, -0.15) is 0 Å². The van der Waals surface area contributed by atoms with E-state index in [-0.39, 0.29) is 13.0 Å². The number of benzene rings is 1. The molecule has 0 amide bonds. The number of nitrogens with two attached hydrogens (primary N) is 1. The molecular weight excluding hydrogens is 262 g/mol. The van der Waals surface area contributed by atoms with Crippen LogP contribution in [0.2, 0.25) is 0 Å². The number of hydrogen-bond donors (Lipinski definition) is 2. The van der Waals surface area contributed by atoms with Crippen LogP contribution in [-0.4, -0.2) is 42.7 Å². The van der Waals surface area contributed by atoms with Crippen LogP contribution < -0.4 is 10.5 Å². The fourth-order valence-electron chi connectivity index (χ4n) is 2.01. The van der Waals surface area contributed by atoms with E-state index in [0.29, 0.717) is 19.0 Å². The summed E-state index contributed by atoms with van der Waals surface area (Å²) in [4.78, 5) is 10.9. The third-order valence-corrected chi connectivity index (χ3v) is 3.07. The highest BCUT2D eigenvalue weighted by molar-refractivity contribution is 5.73. The standard InChI is InChI=1S/C14H19NO5/c15-12(13(16)17)9-14(19-7-4-8-20-14)10-18-11-5-2-1-3-6-11/h1-3,5-6,12H,4,7-10,15H2,(H,16,17). The summed E-state index contributed by atoms with van der Waals surface area (Å²) in [6, 6.07) is 8.17. The molecule has 0 aromatic heterocycles. The summed E-state index contributed by atoms with van der Waals surface area (Å²) in [6.07, 6.45) is 0.824. The Morgan fingerprint density at radius 3 is 2.60 bits per heavy atom. The van der Waals surface area contributed by atoms with Crippen LogP contribution >= 0.6 is 0 Å². The molecule has 2 rings (SSSR count). The molecule has 1 aliphatic heterocycles. The van der Waals surface area contributed by atoms with Crippen LogP contribution in [0.5, 0.6) is 5.75 Å². The summed E-state index contributed by atoms with van der Waals surface area (Å²) >= 11 is 0. The summed E-state index contributed by atoms with van der Waals surface area (Å²) in [5.41, 5.74) is 5.59. The third kappa shape index (κ3) is 3.93. The van der Waals surface area contributed by atoms with E-state index in [0.717, 1.165) is 6.42 Å². The van der Waals surface area contributed by atoms with Crippen molar-refractivity contribution in [2.75, 3.05) is 19.8 Å². The lowest BCUT2D eigenvalue weighted by atomic mass is 10.1. The molecule has 0 saturated carbocycles. The van der Waals surface area contributed by atoms with Crippen molar-refractivity contribution in [3.8, 4) is 5.75 Å². The monoisotopic (exact) mass is 281 g/mol. The minimum Gasteiger partial charge on any atom is -0.488 e. The summed E-state index contributed by atoms with van der Waals surface area (Å²) in [7, 11) is 0. The lowest BCUT2D eigenvalue weighted by Crippen LogP contribution is -2.51. The van der Waals surface area contributed by atoms with Gasteiger partial charge < -0.3 is 25.1 Å². The molecule has 1 fully saturated rings. The Morgan fingerprint density at radius 2 is 2.00 bits per heavy atom. The van der Waals surface area contributed by atoms with Crippen LogP contribution in [0.4, 0.5) is 0 Å². The average molecular weight is 281 g/mol. The van der Waals surface area contributed by atoms with Gasteiger partial charge in [-0.15, -0.1) is 0 Å². The number of aliphatic carboxylic acids is 1. The van der Waals surface area contributed by atoms with Gasteiger partial charge in [-0.25, -0.2) is 0 Å². The smallest absolute Gasteiger partial charge is 0.320 e. The van der Waals surface area contributed by atoms with E-state index in [1.165, 1.54) is 0 Å². The largest absolute Gasteiger partial charge is 0.488 e. The van der Waals surface area contributed by atoms with Gasteiger partial charge in [0.1, 0.15) is 18.4 Å². The first-order chi connectivity index (χ1) is 9.61. The fraction of sp³-hybridized carbons (Fsp3) is 0.500. The SMILES string of the molecule is NC(CC1(COc2ccccc2)OCCCO1)C(=O)O. The van der Waals surface area contributed by atoms with Crippen molar-refractivity contribution in [2.45, 2.75) is 24.7 Å². The maximum Gasteiger partial charge on any atom is 0.320 e. The van der Waals surface area contributed by atoms with Gasteiger partial charge in [0, 0.05) is 6.42 Å². The molecule has 3 N–H and O–H groups in total. The number of carbonyl (C=O) groups is 1. The van der Waals surface area contributed by atoms with Gasteiger partial charge in [0.25, 0.3) is 0 Å². The normalized spacial score (nSPS) is 19.2. The molecule has 1 aromatic carbocycles. The predicted octanol–water partition coefficient (Wildman–Crippen LogP) is 1.00. The van der Waals surface area contributed by atoms with E-state index >= 15 is 0 Å². The van der Waals surface area contributed by atoms with Crippen molar-refractivity contribution < 1.29 is 24.1 Å². The maximum atomic E-state index is 10.9. The predicted molar refractivity (Wildman–Crippen MR) is 71.4 cm³/mol. The maximum absolute atomic E-state index is 10.9. The molecule has 6 heteroatoms. The molecule has 20 heavy (non-hydrogen) atoms. The average Bonchev–Trinajstić information content (AvgIpc) is 2.47. The van der Waals surface area contributed by atoms with E-state index in [9.17, 15) is 4.79 Å². The zero-order valence-corrected chi connectivity index (χ0v) is 11.2. The summed E-state index contributed by atoms with van der Waals surface area (Å²) in [5.74, 6) is -1.50. The molecule has 1 unspecified atom stereocenters. The van der Waals surface area contributed by atoms with Crippen molar-refractivity contribution >= 4 is 5.97 Å². The van der Waals surface area contributed by atoms with Crippen molar-refractivity contribution in [3.05, 3.63) is 30.3 Å². The Bertz CT molecular complexity index is 430. The first-order valence-electron chi connectivity index (χ1n) is 6.55. The molecule has 0 radical (unpaired) electrons. The van der Waals surface area contributed by atoms with Crippen molar-refractivity contribution in [2.24, 2.45) is 5.73 Å². The Labute approximate surface area is 117 Å². The summed E-state index contributed by atoms with van der Waals surface area (Å²) in [5, 5.41) is 8.94. The van der Waals surface area contributed by atoms with Gasteiger partial charge >= 0.3 is 5.97 Å². The van der Waals surface area contributed by atoms with Crippen molar-refractivity contribution in [1.29, 1.82) is 0 Å². The third-order valence-electron chi connectivity index (χ3n) is 3.07. The van der Waals surface area contributed by atoms with E-state index in [1.807, 2.05) is 30.3 Å². The summed E-state index contributed by atoms with van der Waals surface area (Å²) in [6.45, 7) is 1.12. The molecular formula is C14H19NO5. The molecule has 110 valence electrons. The minimum atomic E-state index is -1.09. The van der Waals surface area contributed by atoms with Crippen LogP contribution in [0.15, 0.2) is 30.3 Å². The van der Waals surface area contributed by atoms with Crippen LogP contribution in [0.1, 0.15) is 12.8 Å². The molecule has 1 aliphatic rings. The van der Waals surface area contributed by atoms with E-state index in [2.05, 4.69) is 0 Å². The first-order valence-corrected chi connectivity index (χ1v) is 6.55. The molecule has 1 saturated heterocycles. The zero-order valence-electron chi connectivity index (χ0n) is 11.2. The van der Waals surface area contributed by atoms with E-state index in [4.69, 9.17) is 25.1 Å². The highest BCUT2D eigenvalue weighted by Gasteiger charge is 2.39. The van der Waals surface area contributed by atoms with Crippen LogP contribution in [-0.2, 0) is 14.3 Å². The van der Waals surface area contributed by atoms with Gasteiger partial charge in [-0.05, 0) is 18.6 Å². The summed E-state index contributed by atoms with van der Waals surface area (Å²) < 4.78 is 16.9. The van der Waals surface area contributed by atoms with E-state index in [1.54, 1.807) is 0 Å². The lowest BCUT2D eigenvalue weighted by molar-refractivity contribution is -0.282. The zero-order chi connectivity index (χ0) is 14.4. The fourth-order valence-corrected chi connectivity index (χ4v) is 2.01. The number of carboxylic acids is 1. The Balaban J connectivity index is 2.01. The van der Waals surface area contributed by atoms with E-state index < -0.39 is 17.8 Å². The second-order valence-corrected chi connectivity index (χ2v) is 4.71. The van der Waals surface area contributed by atoms with Gasteiger partial charge in [0.2, 0.25) is 5.79 Å². The topological polar surface area (TPSA) is 91.0 Å². The molecule has 6 nitrogen and oxygen atoms in total. The first kappa shape index (κ1) is 14.8. The highest BCUT2D eigenvalue weighted by Crippen LogP contribution is 2.25. The number of ether oxygens (including phenoxy) is 3. The van der Waals surface area contributed by atoms with Gasteiger partial charge in [0.05, 0.1) is 13.2 Å². The Hall–Kier alpha value is -1.63. The molecule has 1 aromatic rings. The van der Waals surface area contributed by atoms with Crippen LogP contribution in [0, 0.1) is 0 Å². The Morgan fingerprint density at radius 1 is 1.35 bits per heavy atom. The van der Waals surface area contributed by atoms with Gasteiger partial charge in [-0.3, -0.25) is 4.79 Å². The molecule has 0 bridgehead atoms. The highest BCUT2D eigenvalue weighted by atomic mass is 16.7. The molecule has 1 heterocycles. The Kier molecular flexibility index (Phi) is 4.94. The lowest BCUT2D eigenvalue weighted by Gasteiger charge is -2.37. The van der Waals surface area contributed by atoms with Gasteiger partial charge in [0.15, 0.2) is 0 Å². The molecule has 1 atom stereocenters. The number of hydrogen-bond acceptors (Lipinski definition) is 5. The minimum absolute atomic E-state index is 0.0508. The second kappa shape index (κ2) is 6.69. The molecule has 0 aliphatic carbocycles. The van der Waals surface area contributed by atoms with Crippen LogP contribution in [0.3, 0.4) is 0 Å². The number of carboxylic acid groups (broad SMARTS) is 1. The van der Waals surface area contributed by atoms with Crippen molar-refractivity contribution in [3.63, 3.8) is 0 Å². The number of rotatable bonds is 6. The quantitative estimate of drug-likeness (QED) is 0.808. The molecule has 0 spiro atoms. The number of para-hydroxylation sites is 1. The van der Waals surface area contributed by atoms with Crippen LogP contribution in [0.25, 0.3) is 0 Å².